The van der Waals surface area contributed by atoms with Gasteiger partial charge < -0.3 is 20.3 Å². The van der Waals surface area contributed by atoms with E-state index in [1.807, 2.05) is 27.8 Å². The first-order valence-corrected chi connectivity index (χ1v) is 10.7. The SMILES string of the molecule is CN=C(NCCN1CCN(C(=O)OC(C)(C)C)CC1)NCC1CCCS1.I. The number of rotatable bonds is 5. The maximum absolute atomic E-state index is 12.1. The first-order chi connectivity index (χ1) is 12.4. The second kappa shape index (κ2) is 12.2. The molecule has 2 rings (SSSR count). The van der Waals surface area contributed by atoms with Gasteiger partial charge in [0.1, 0.15) is 5.60 Å². The Morgan fingerprint density at radius 2 is 1.93 bits per heavy atom. The van der Waals surface area contributed by atoms with Gasteiger partial charge >= 0.3 is 6.09 Å². The number of hydrogen-bond acceptors (Lipinski definition) is 5. The van der Waals surface area contributed by atoms with E-state index in [1.165, 1.54) is 18.6 Å². The van der Waals surface area contributed by atoms with Gasteiger partial charge in [0.15, 0.2) is 5.96 Å². The van der Waals surface area contributed by atoms with Crippen molar-refractivity contribution in [3.63, 3.8) is 0 Å². The average molecular weight is 513 g/mol. The van der Waals surface area contributed by atoms with Gasteiger partial charge in [0.05, 0.1) is 0 Å². The first kappa shape index (κ1) is 24.6. The number of nitrogens with zero attached hydrogens (tertiary/aromatic N) is 3. The van der Waals surface area contributed by atoms with Crippen molar-refractivity contribution in [1.29, 1.82) is 0 Å². The zero-order valence-electron chi connectivity index (χ0n) is 17.1. The third-order valence-electron chi connectivity index (χ3n) is 4.49. The Balaban J connectivity index is 0.00000364. The minimum atomic E-state index is -0.433. The van der Waals surface area contributed by atoms with Crippen molar-refractivity contribution in [3.05, 3.63) is 0 Å². The molecular formula is C18H36IN5O2S. The lowest BCUT2D eigenvalue weighted by Crippen LogP contribution is -2.51. The molecule has 9 heteroatoms. The van der Waals surface area contributed by atoms with Gasteiger partial charge in [-0.25, -0.2) is 4.79 Å². The summed E-state index contributed by atoms with van der Waals surface area (Å²) in [6.45, 7) is 11.7. The number of amides is 1. The third-order valence-corrected chi connectivity index (χ3v) is 5.89. The van der Waals surface area contributed by atoms with Crippen LogP contribution < -0.4 is 10.6 Å². The number of halogens is 1. The number of piperazine rings is 1. The fourth-order valence-corrected chi connectivity index (χ4v) is 4.25. The summed E-state index contributed by atoms with van der Waals surface area (Å²) < 4.78 is 5.44. The number of aliphatic imine (C=N–C) groups is 1. The lowest BCUT2D eigenvalue weighted by molar-refractivity contribution is 0.0147. The molecule has 1 amide bonds. The highest BCUT2D eigenvalue weighted by atomic mass is 127. The number of ether oxygens (including phenoxy) is 1. The molecule has 2 aliphatic heterocycles. The molecule has 0 saturated carbocycles. The van der Waals surface area contributed by atoms with E-state index < -0.39 is 5.60 Å². The summed E-state index contributed by atoms with van der Waals surface area (Å²) in [5, 5.41) is 7.53. The van der Waals surface area contributed by atoms with Gasteiger partial charge in [-0.05, 0) is 39.4 Å². The summed E-state index contributed by atoms with van der Waals surface area (Å²) in [6.07, 6.45) is 2.43. The van der Waals surface area contributed by atoms with E-state index in [9.17, 15) is 4.79 Å². The Bertz CT molecular complexity index is 473. The predicted molar refractivity (Wildman–Crippen MR) is 125 cm³/mol. The smallest absolute Gasteiger partial charge is 0.410 e. The summed E-state index contributed by atoms with van der Waals surface area (Å²) in [7, 11) is 1.82. The van der Waals surface area contributed by atoms with E-state index in [-0.39, 0.29) is 30.1 Å². The third kappa shape index (κ3) is 9.56. The van der Waals surface area contributed by atoms with Crippen molar-refractivity contribution >= 4 is 47.8 Å². The van der Waals surface area contributed by atoms with Crippen LogP contribution in [-0.2, 0) is 4.74 Å². The Labute approximate surface area is 185 Å². The van der Waals surface area contributed by atoms with Crippen LogP contribution in [0, 0.1) is 0 Å². The minimum absolute atomic E-state index is 0. The second-order valence-corrected chi connectivity index (χ2v) is 9.23. The van der Waals surface area contributed by atoms with Gasteiger partial charge in [0.25, 0.3) is 0 Å². The van der Waals surface area contributed by atoms with Crippen LogP contribution in [0.5, 0.6) is 0 Å². The van der Waals surface area contributed by atoms with Crippen LogP contribution in [0.4, 0.5) is 4.79 Å². The highest BCUT2D eigenvalue weighted by Gasteiger charge is 2.25. The van der Waals surface area contributed by atoms with Gasteiger partial charge in [-0.2, -0.15) is 11.8 Å². The molecule has 2 fully saturated rings. The van der Waals surface area contributed by atoms with Crippen molar-refractivity contribution < 1.29 is 9.53 Å². The molecule has 1 atom stereocenters. The Morgan fingerprint density at radius 3 is 2.48 bits per heavy atom. The first-order valence-electron chi connectivity index (χ1n) is 9.64. The fourth-order valence-electron chi connectivity index (χ4n) is 3.05. The molecule has 0 aromatic heterocycles. The lowest BCUT2D eigenvalue weighted by atomic mass is 10.2. The number of guanidine groups is 1. The highest BCUT2D eigenvalue weighted by Crippen LogP contribution is 2.25. The fraction of sp³-hybridized carbons (Fsp3) is 0.889. The topological polar surface area (TPSA) is 69.2 Å². The largest absolute Gasteiger partial charge is 0.444 e. The monoisotopic (exact) mass is 513 g/mol. The van der Waals surface area contributed by atoms with Gasteiger partial charge in [0, 0.05) is 58.1 Å². The Kier molecular flexibility index (Phi) is 11.1. The standard InChI is InChI=1S/C18H35N5O2S.HI/c1-18(2,3)25-17(24)23-11-9-22(10-12-23)8-7-20-16(19-4)21-14-15-6-5-13-26-15;/h15H,5-14H2,1-4H3,(H2,19,20,21);1H. The van der Waals surface area contributed by atoms with E-state index in [0.29, 0.717) is 0 Å². The Hall–Kier alpha value is -0.420. The van der Waals surface area contributed by atoms with Crippen LogP contribution in [0.2, 0.25) is 0 Å². The normalized spacial score (nSPS) is 21.6. The minimum Gasteiger partial charge on any atom is -0.444 e. The van der Waals surface area contributed by atoms with Gasteiger partial charge in [-0.1, -0.05) is 0 Å². The summed E-state index contributed by atoms with van der Waals surface area (Å²) in [5.41, 5.74) is -0.433. The van der Waals surface area contributed by atoms with Crippen LogP contribution in [0.1, 0.15) is 33.6 Å². The molecule has 0 aromatic carbocycles. The molecule has 1 unspecified atom stereocenters. The molecule has 2 N–H and O–H groups in total. The van der Waals surface area contributed by atoms with Gasteiger partial charge in [-0.3, -0.25) is 9.89 Å². The van der Waals surface area contributed by atoms with Crippen LogP contribution in [0.25, 0.3) is 0 Å². The zero-order valence-corrected chi connectivity index (χ0v) is 20.3. The molecule has 0 aliphatic carbocycles. The zero-order chi connectivity index (χ0) is 19.0. The average Bonchev–Trinajstić information content (AvgIpc) is 3.10. The predicted octanol–water partition coefficient (Wildman–Crippen LogP) is 2.22. The molecule has 0 bridgehead atoms. The van der Waals surface area contributed by atoms with Crippen LogP contribution in [0.3, 0.4) is 0 Å². The van der Waals surface area contributed by atoms with E-state index in [0.717, 1.165) is 57.0 Å². The Morgan fingerprint density at radius 1 is 1.22 bits per heavy atom. The van der Waals surface area contributed by atoms with Crippen molar-refractivity contribution in [2.75, 3.05) is 58.6 Å². The molecule has 0 aromatic rings. The number of hydrogen-bond donors (Lipinski definition) is 2. The summed E-state index contributed by atoms with van der Waals surface area (Å²) >= 11 is 2.05. The molecule has 2 aliphatic rings. The summed E-state index contributed by atoms with van der Waals surface area (Å²) in [4.78, 5) is 20.6. The molecule has 0 radical (unpaired) electrons. The molecule has 7 nitrogen and oxygen atoms in total. The van der Waals surface area contributed by atoms with Crippen LogP contribution in [-0.4, -0.2) is 91.3 Å². The van der Waals surface area contributed by atoms with Crippen LogP contribution in [0.15, 0.2) is 4.99 Å². The van der Waals surface area contributed by atoms with Gasteiger partial charge in [0.2, 0.25) is 0 Å². The number of carbonyl (C=O) groups excluding carboxylic acids is 1. The van der Waals surface area contributed by atoms with E-state index >= 15 is 0 Å². The molecule has 2 saturated heterocycles. The molecule has 158 valence electrons. The molecule has 2 heterocycles. The summed E-state index contributed by atoms with van der Waals surface area (Å²) in [6, 6.07) is 0. The lowest BCUT2D eigenvalue weighted by Gasteiger charge is -2.35. The molecule has 0 spiro atoms. The van der Waals surface area contributed by atoms with Crippen molar-refractivity contribution in [2.24, 2.45) is 4.99 Å². The van der Waals surface area contributed by atoms with Gasteiger partial charge in [-0.15, -0.1) is 24.0 Å². The van der Waals surface area contributed by atoms with E-state index in [4.69, 9.17) is 4.74 Å². The second-order valence-electron chi connectivity index (χ2n) is 7.82. The molecule has 27 heavy (non-hydrogen) atoms. The number of carbonyl (C=O) groups is 1. The van der Waals surface area contributed by atoms with Crippen molar-refractivity contribution in [2.45, 2.75) is 44.5 Å². The van der Waals surface area contributed by atoms with E-state index in [1.54, 1.807) is 4.90 Å². The van der Waals surface area contributed by atoms with E-state index in [2.05, 4.69) is 32.3 Å². The van der Waals surface area contributed by atoms with Crippen molar-refractivity contribution in [3.8, 4) is 0 Å². The van der Waals surface area contributed by atoms with Crippen molar-refractivity contribution in [1.82, 2.24) is 20.4 Å². The highest BCUT2D eigenvalue weighted by molar-refractivity contribution is 14.0. The molecular weight excluding hydrogens is 477 g/mol. The maximum atomic E-state index is 12.1. The maximum Gasteiger partial charge on any atom is 0.410 e. The van der Waals surface area contributed by atoms with Crippen LogP contribution >= 0.6 is 35.7 Å². The summed E-state index contributed by atoms with van der Waals surface area (Å²) in [5.74, 6) is 2.16. The number of thioether (sulfide) groups is 1. The quantitative estimate of drug-likeness (QED) is 0.334. The number of nitrogens with one attached hydrogen (secondary N) is 2.